The first-order valence-corrected chi connectivity index (χ1v) is 11.1. The van der Waals surface area contributed by atoms with Gasteiger partial charge < -0.3 is 14.6 Å². The predicted octanol–water partition coefficient (Wildman–Crippen LogP) is 7.20. The summed E-state index contributed by atoms with van der Waals surface area (Å²) in [6, 6.07) is 15.1. The molecule has 1 N–H and O–H groups in total. The maximum absolute atomic E-state index is 12.3. The van der Waals surface area contributed by atoms with Crippen LogP contribution in [0.25, 0.3) is 17.4 Å². The SMILES string of the molecule is Cc1ccc(-c2ccc(/C=C/C(=O)Nc3ccc(N4CCCCC4)c(Cl)c3)o2)cc1Cl. The summed E-state index contributed by atoms with van der Waals surface area (Å²) >= 11 is 12.7. The number of hydrogen-bond acceptors (Lipinski definition) is 3. The quantitative estimate of drug-likeness (QED) is 0.414. The molecule has 0 aliphatic carbocycles. The maximum atomic E-state index is 12.3. The van der Waals surface area contributed by atoms with Crippen LogP contribution in [0, 0.1) is 6.92 Å². The first-order chi connectivity index (χ1) is 15.0. The highest BCUT2D eigenvalue weighted by molar-refractivity contribution is 6.33. The topological polar surface area (TPSA) is 45.5 Å². The Kier molecular flexibility index (Phi) is 6.69. The average Bonchev–Trinajstić information content (AvgIpc) is 3.24. The number of nitrogens with zero attached hydrogens (tertiary/aromatic N) is 1. The van der Waals surface area contributed by atoms with E-state index in [1.165, 1.54) is 25.3 Å². The van der Waals surface area contributed by atoms with Crippen LogP contribution < -0.4 is 10.2 Å². The van der Waals surface area contributed by atoms with Gasteiger partial charge >= 0.3 is 0 Å². The Morgan fingerprint density at radius 1 is 1.00 bits per heavy atom. The largest absolute Gasteiger partial charge is 0.457 e. The van der Waals surface area contributed by atoms with Gasteiger partial charge in [0.2, 0.25) is 5.91 Å². The van der Waals surface area contributed by atoms with Crippen molar-refractivity contribution in [1.82, 2.24) is 0 Å². The fraction of sp³-hybridized carbons (Fsp3) is 0.240. The number of benzene rings is 2. The molecule has 0 spiro atoms. The molecule has 1 amide bonds. The smallest absolute Gasteiger partial charge is 0.248 e. The Labute approximate surface area is 192 Å². The molecule has 0 bridgehead atoms. The first kappa shape index (κ1) is 21.5. The van der Waals surface area contributed by atoms with Crippen molar-refractivity contribution < 1.29 is 9.21 Å². The van der Waals surface area contributed by atoms with Crippen LogP contribution in [0.1, 0.15) is 30.6 Å². The summed E-state index contributed by atoms with van der Waals surface area (Å²) in [5, 5.41) is 4.19. The molecule has 1 fully saturated rings. The molecule has 6 heteroatoms. The van der Waals surface area contributed by atoms with E-state index in [1.54, 1.807) is 12.1 Å². The van der Waals surface area contributed by atoms with Crippen molar-refractivity contribution in [2.45, 2.75) is 26.2 Å². The third-order valence-electron chi connectivity index (χ3n) is 5.39. The van der Waals surface area contributed by atoms with Gasteiger partial charge in [-0.15, -0.1) is 0 Å². The predicted molar refractivity (Wildman–Crippen MR) is 129 cm³/mol. The Bertz CT molecular complexity index is 1110. The standard InChI is InChI=1S/C25H24Cl2N2O2/c1-17-5-6-18(15-21(17)26)24-11-8-20(31-24)9-12-25(30)28-19-7-10-23(22(27)16-19)29-13-3-2-4-14-29/h5-12,15-16H,2-4,13-14H2,1H3,(H,28,30)/b12-9+. The van der Waals surface area contributed by atoms with Crippen molar-refractivity contribution in [3.8, 4) is 11.3 Å². The zero-order valence-electron chi connectivity index (χ0n) is 17.3. The van der Waals surface area contributed by atoms with Crippen molar-refractivity contribution in [2.75, 3.05) is 23.3 Å². The van der Waals surface area contributed by atoms with Gasteiger partial charge in [-0.1, -0.05) is 35.3 Å². The van der Waals surface area contributed by atoms with E-state index in [1.807, 2.05) is 49.4 Å². The van der Waals surface area contributed by atoms with Gasteiger partial charge in [-0.25, -0.2) is 0 Å². The number of anilines is 2. The number of rotatable bonds is 5. The van der Waals surface area contributed by atoms with E-state index in [0.717, 1.165) is 29.9 Å². The summed E-state index contributed by atoms with van der Waals surface area (Å²) in [7, 11) is 0. The highest BCUT2D eigenvalue weighted by Crippen LogP contribution is 2.31. The van der Waals surface area contributed by atoms with Crippen LogP contribution in [0.15, 0.2) is 59.0 Å². The molecule has 160 valence electrons. The minimum Gasteiger partial charge on any atom is -0.457 e. The normalized spacial score (nSPS) is 14.2. The molecule has 0 atom stereocenters. The molecule has 1 aromatic heterocycles. The summed E-state index contributed by atoms with van der Waals surface area (Å²) in [6.45, 7) is 4.00. The highest BCUT2D eigenvalue weighted by Gasteiger charge is 2.14. The van der Waals surface area contributed by atoms with Gasteiger partial charge in [-0.2, -0.15) is 0 Å². The molecule has 2 aromatic carbocycles. The molecular weight excluding hydrogens is 431 g/mol. The number of carbonyl (C=O) groups excluding carboxylic acids is 1. The summed E-state index contributed by atoms with van der Waals surface area (Å²) in [6.07, 6.45) is 6.72. The van der Waals surface area contributed by atoms with Crippen molar-refractivity contribution in [3.05, 3.63) is 76.0 Å². The molecule has 4 nitrogen and oxygen atoms in total. The Hall–Kier alpha value is -2.69. The lowest BCUT2D eigenvalue weighted by atomic mass is 10.1. The van der Waals surface area contributed by atoms with Crippen LogP contribution >= 0.6 is 23.2 Å². The van der Waals surface area contributed by atoms with Crippen molar-refractivity contribution in [2.24, 2.45) is 0 Å². The summed E-state index contributed by atoms with van der Waals surface area (Å²) < 4.78 is 5.82. The molecule has 4 rings (SSSR count). The van der Waals surface area contributed by atoms with E-state index >= 15 is 0 Å². The lowest BCUT2D eigenvalue weighted by Crippen LogP contribution is -2.29. The third-order valence-corrected chi connectivity index (χ3v) is 6.10. The number of carbonyl (C=O) groups is 1. The molecule has 0 radical (unpaired) electrons. The third kappa shape index (κ3) is 5.33. The molecule has 2 heterocycles. The second-order valence-electron chi connectivity index (χ2n) is 7.70. The number of halogens is 2. The zero-order valence-corrected chi connectivity index (χ0v) is 18.8. The van der Waals surface area contributed by atoms with Gasteiger partial charge in [0.25, 0.3) is 0 Å². The van der Waals surface area contributed by atoms with E-state index in [4.69, 9.17) is 27.6 Å². The van der Waals surface area contributed by atoms with E-state index in [0.29, 0.717) is 27.3 Å². The van der Waals surface area contributed by atoms with E-state index < -0.39 is 0 Å². The maximum Gasteiger partial charge on any atom is 0.248 e. The van der Waals surface area contributed by atoms with Crippen molar-refractivity contribution in [3.63, 3.8) is 0 Å². The molecular formula is C25H24Cl2N2O2. The van der Waals surface area contributed by atoms with Crippen LogP contribution in [-0.4, -0.2) is 19.0 Å². The monoisotopic (exact) mass is 454 g/mol. The average molecular weight is 455 g/mol. The highest BCUT2D eigenvalue weighted by atomic mass is 35.5. The van der Waals surface area contributed by atoms with Gasteiger partial charge in [0.05, 0.1) is 10.7 Å². The fourth-order valence-corrected chi connectivity index (χ4v) is 4.14. The number of aryl methyl sites for hydroxylation is 1. The molecule has 1 aliphatic rings. The zero-order chi connectivity index (χ0) is 21.8. The molecule has 1 saturated heterocycles. The summed E-state index contributed by atoms with van der Waals surface area (Å²) in [4.78, 5) is 14.6. The van der Waals surface area contributed by atoms with E-state index in [9.17, 15) is 4.79 Å². The summed E-state index contributed by atoms with van der Waals surface area (Å²) in [5.74, 6) is 1.03. The molecule has 31 heavy (non-hydrogen) atoms. The number of amides is 1. The van der Waals surface area contributed by atoms with Gasteiger partial charge in [0.15, 0.2) is 0 Å². The molecule has 0 saturated carbocycles. The van der Waals surface area contributed by atoms with Gasteiger partial charge in [-0.3, -0.25) is 4.79 Å². The minimum absolute atomic E-state index is 0.252. The number of hydrogen-bond donors (Lipinski definition) is 1. The van der Waals surface area contributed by atoms with E-state index in [2.05, 4.69) is 10.2 Å². The van der Waals surface area contributed by atoms with Crippen molar-refractivity contribution >= 4 is 46.6 Å². The summed E-state index contributed by atoms with van der Waals surface area (Å²) in [5.41, 5.74) is 3.59. The number of piperidine rings is 1. The van der Waals surface area contributed by atoms with E-state index in [-0.39, 0.29) is 5.91 Å². The van der Waals surface area contributed by atoms with Gasteiger partial charge in [-0.05, 0) is 74.2 Å². The Balaban J connectivity index is 1.39. The molecule has 0 unspecified atom stereocenters. The lowest BCUT2D eigenvalue weighted by molar-refractivity contribution is -0.111. The van der Waals surface area contributed by atoms with Crippen LogP contribution in [0.2, 0.25) is 10.0 Å². The fourth-order valence-electron chi connectivity index (χ4n) is 3.66. The second-order valence-corrected chi connectivity index (χ2v) is 8.52. The Morgan fingerprint density at radius 2 is 1.81 bits per heavy atom. The lowest BCUT2D eigenvalue weighted by Gasteiger charge is -2.29. The molecule has 3 aromatic rings. The van der Waals surface area contributed by atoms with Gasteiger partial charge in [0.1, 0.15) is 11.5 Å². The number of nitrogens with one attached hydrogen (secondary N) is 1. The minimum atomic E-state index is -0.252. The molecule has 1 aliphatic heterocycles. The Morgan fingerprint density at radius 3 is 2.55 bits per heavy atom. The van der Waals surface area contributed by atoms with Crippen LogP contribution in [-0.2, 0) is 4.79 Å². The number of furan rings is 1. The second kappa shape index (κ2) is 9.63. The van der Waals surface area contributed by atoms with Crippen LogP contribution in [0.4, 0.5) is 11.4 Å². The van der Waals surface area contributed by atoms with Crippen LogP contribution in [0.3, 0.4) is 0 Å². The van der Waals surface area contributed by atoms with Crippen molar-refractivity contribution in [1.29, 1.82) is 0 Å². The first-order valence-electron chi connectivity index (χ1n) is 10.4. The van der Waals surface area contributed by atoms with Gasteiger partial charge in [0, 0.05) is 35.4 Å². The van der Waals surface area contributed by atoms with Crippen LogP contribution in [0.5, 0.6) is 0 Å².